The van der Waals surface area contributed by atoms with Gasteiger partial charge in [0.2, 0.25) is 5.89 Å². The highest BCUT2D eigenvalue weighted by Gasteiger charge is 2.25. The van der Waals surface area contributed by atoms with Crippen molar-refractivity contribution in [3.8, 4) is 0 Å². The summed E-state index contributed by atoms with van der Waals surface area (Å²) < 4.78 is 10.8. The van der Waals surface area contributed by atoms with Crippen LogP contribution < -0.4 is 5.32 Å². The predicted octanol–water partition coefficient (Wildman–Crippen LogP) is 1.55. The molecule has 1 fully saturated rings. The summed E-state index contributed by atoms with van der Waals surface area (Å²) in [5.74, 6) is 1.50. The van der Waals surface area contributed by atoms with Crippen molar-refractivity contribution in [2.75, 3.05) is 19.6 Å². The zero-order valence-corrected chi connectivity index (χ0v) is 13.1. The molecule has 7 nitrogen and oxygen atoms in total. The van der Waals surface area contributed by atoms with Crippen LogP contribution in [0, 0.1) is 0 Å². The van der Waals surface area contributed by atoms with Crippen LogP contribution in [0.25, 0.3) is 0 Å². The van der Waals surface area contributed by atoms with Gasteiger partial charge < -0.3 is 19.5 Å². The maximum Gasteiger partial charge on any atom is 0.317 e. The Balaban J connectivity index is 1.76. The highest BCUT2D eigenvalue weighted by atomic mass is 16.5. The van der Waals surface area contributed by atoms with E-state index in [1.807, 2.05) is 27.7 Å². The third kappa shape index (κ3) is 4.42. The fourth-order valence-electron chi connectivity index (χ4n) is 2.34. The molecule has 2 atom stereocenters. The number of aromatic nitrogens is 2. The lowest BCUT2D eigenvalue weighted by Crippen LogP contribution is -2.51. The predicted molar refractivity (Wildman–Crippen MR) is 77.1 cm³/mol. The Morgan fingerprint density at radius 1 is 1.38 bits per heavy atom. The molecule has 0 aliphatic carbocycles. The number of hydrogen-bond donors (Lipinski definition) is 1. The molecule has 1 aliphatic heterocycles. The van der Waals surface area contributed by atoms with Gasteiger partial charge in [0.25, 0.3) is 0 Å². The van der Waals surface area contributed by atoms with Crippen LogP contribution in [0.2, 0.25) is 0 Å². The van der Waals surface area contributed by atoms with E-state index in [4.69, 9.17) is 9.26 Å². The van der Waals surface area contributed by atoms with Gasteiger partial charge in [-0.3, -0.25) is 0 Å². The van der Waals surface area contributed by atoms with E-state index < -0.39 is 0 Å². The minimum Gasteiger partial charge on any atom is -0.372 e. The first kappa shape index (κ1) is 15.8. The highest BCUT2D eigenvalue weighted by Crippen LogP contribution is 2.11. The van der Waals surface area contributed by atoms with Gasteiger partial charge in [-0.15, -0.1) is 0 Å². The Bertz CT molecular complexity index is 465. The Morgan fingerprint density at radius 3 is 2.62 bits per heavy atom. The molecule has 0 unspecified atom stereocenters. The molecule has 2 heterocycles. The molecule has 118 valence electrons. The number of nitrogens with one attached hydrogen (secondary N) is 1. The summed E-state index contributed by atoms with van der Waals surface area (Å²) in [6.45, 7) is 9.69. The summed E-state index contributed by atoms with van der Waals surface area (Å²) in [6.07, 6.45) is 0.689. The largest absolute Gasteiger partial charge is 0.372 e. The second-order valence-electron chi connectivity index (χ2n) is 5.85. The monoisotopic (exact) mass is 296 g/mol. The summed E-state index contributed by atoms with van der Waals surface area (Å²) in [5, 5.41) is 6.78. The number of hydrogen-bond acceptors (Lipinski definition) is 5. The van der Waals surface area contributed by atoms with Crippen LogP contribution in [0.1, 0.15) is 45.3 Å². The summed E-state index contributed by atoms with van der Waals surface area (Å²) >= 11 is 0. The van der Waals surface area contributed by atoms with Gasteiger partial charge in [0, 0.05) is 32.0 Å². The molecular formula is C14H24N4O3. The number of carbonyl (C=O) groups is 1. The van der Waals surface area contributed by atoms with E-state index >= 15 is 0 Å². The van der Waals surface area contributed by atoms with E-state index in [0.717, 1.165) is 0 Å². The molecule has 2 amide bonds. The zero-order valence-electron chi connectivity index (χ0n) is 13.1. The first-order valence-electron chi connectivity index (χ1n) is 7.46. The van der Waals surface area contributed by atoms with Gasteiger partial charge in [0.1, 0.15) is 0 Å². The van der Waals surface area contributed by atoms with Gasteiger partial charge in [-0.1, -0.05) is 19.0 Å². The number of morpholine rings is 1. The lowest BCUT2D eigenvalue weighted by atomic mass is 10.2. The molecule has 0 bridgehead atoms. The van der Waals surface area contributed by atoms with Crippen LogP contribution >= 0.6 is 0 Å². The summed E-state index contributed by atoms with van der Waals surface area (Å²) in [7, 11) is 0. The molecule has 0 aromatic carbocycles. The maximum atomic E-state index is 12.1. The van der Waals surface area contributed by atoms with Gasteiger partial charge in [-0.25, -0.2) is 4.79 Å². The van der Waals surface area contributed by atoms with Crippen LogP contribution in [-0.4, -0.2) is 52.9 Å². The Morgan fingerprint density at radius 2 is 2.05 bits per heavy atom. The number of rotatable bonds is 4. The minimum atomic E-state index is -0.0689. The number of ether oxygens (including phenoxy) is 1. The van der Waals surface area contributed by atoms with E-state index in [2.05, 4.69) is 15.5 Å². The molecular weight excluding hydrogens is 272 g/mol. The molecule has 1 aliphatic rings. The van der Waals surface area contributed by atoms with E-state index in [1.165, 1.54) is 0 Å². The van der Waals surface area contributed by atoms with Crippen molar-refractivity contribution >= 4 is 6.03 Å². The van der Waals surface area contributed by atoms with Crippen molar-refractivity contribution in [3.05, 3.63) is 11.7 Å². The van der Waals surface area contributed by atoms with Gasteiger partial charge in [-0.05, 0) is 13.8 Å². The average molecular weight is 296 g/mol. The summed E-state index contributed by atoms with van der Waals surface area (Å²) in [4.78, 5) is 18.1. The van der Waals surface area contributed by atoms with Crippen LogP contribution in [0.3, 0.4) is 0 Å². The van der Waals surface area contributed by atoms with Crippen molar-refractivity contribution in [1.82, 2.24) is 20.4 Å². The standard InChI is InChI=1S/C14H24N4O3/c1-9(2)13-16-12(21-17-13)5-6-15-14(19)18-7-10(3)20-11(4)8-18/h9-11H,5-8H2,1-4H3,(H,15,19)/t10-,11-/m0/s1. The third-order valence-electron chi connectivity index (χ3n) is 3.32. The maximum absolute atomic E-state index is 12.1. The van der Waals surface area contributed by atoms with Crippen LogP contribution in [0.15, 0.2) is 4.52 Å². The van der Waals surface area contributed by atoms with Crippen LogP contribution in [0.5, 0.6) is 0 Å². The molecule has 21 heavy (non-hydrogen) atoms. The first-order chi connectivity index (χ1) is 9.95. The Kier molecular flexibility index (Phi) is 5.17. The van der Waals surface area contributed by atoms with E-state index in [-0.39, 0.29) is 24.2 Å². The van der Waals surface area contributed by atoms with Crippen molar-refractivity contribution in [1.29, 1.82) is 0 Å². The fraction of sp³-hybridized carbons (Fsp3) is 0.786. The van der Waals surface area contributed by atoms with E-state index in [0.29, 0.717) is 37.8 Å². The fourth-order valence-corrected chi connectivity index (χ4v) is 2.34. The molecule has 0 saturated carbocycles. The van der Waals surface area contributed by atoms with Crippen molar-refractivity contribution in [2.45, 2.75) is 52.2 Å². The van der Waals surface area contributed by atoms with Crippen LogP contribution in [-0.2, 0) is 11.2 Å². The van der Waals surface area contributed by atoms with Crippen LogP contribution in [0.4, 0.5) is 4.79 Å². The highest BCUT2D eigenvalue weighted by molar-refractivity contribution is 5.74. The van der Waals surface area contributed by atoms with Gasteiger partial charge in [-0.2, -0.15) is 4.98 Å². The topological polar surface area (TPSA) is 80.5 Å². The van der Waals surface area contributed by atoms with Gasteiger partial charge in [0.15, 0.2) is 5.82 Å². The van der Waals surface area contributed by atoms with Crippen molar-refractivity contribution in [3.63, 3.8) is 0 Å². The SMILES string of the molecule is CC(C)c1noc(CCNC(=O)N2C[C@H](C)O[C@@H](C)C2)n1. The molecule has 1 N–H and O–H groups in total. The molecule has 2 rings (SSSR count). The molecule has 0 radical (unpaired) electrons. The molecule has 0 spiro atoms. The lowest BCUT2D eigenvalue weighted by Gasteiger charge is -2.35. The smallest absolute Gasteiger partial charge is 0.317 e. The second kappa shape index (κ2) is 6.89. The van der Waals surface area contributed by atoms with Crippen molar-refractivity contribution < 1.29 is 14.1 Å². The lowest BCUT2D eigenvalue weighted by molar-refractivity contribution is -0.0545. The molecule has 1 aromatic rings. The molecule has 1 aromatic heterocycles. The summed E-state index contributed by atoms with van der Waals surface area (Å²) in [5.41, 5.74) is 0. The Hall–Kier alpha value is -1.63. The number of carbonyl (C=O) groups excluding carboxylic acids is 1. The Labute approximate surface area is 125 Å². The average Bonchev–Trinajstić information content (AvgIpc) is 2.86. The molecule has 1 saturated heterocycles. The summed E-state index contributed by atoms with van der Waals surface area (Å²) in [6, 6.07) is -0.0689. The quantitative estimate of drug-likeness (QED) is 0.912. The first-order valence-corrected chi connectivity index (χ1v) is 7.46. The third-order valence-corrected chi connectivity index (χ3v) is 3.32. The minimum absolute atomic E-state index is 0.0689. The zero-order chi connectivity index (χ0) is 15.4. The van der Waals surface area contributed by atoms with E-state index in [1.54, 1.807) is 4.90 Å². The van der Waals surface area contributed by atoms with E-state index in [9.17, 15) is 4.79 Å². The normalized spacial score (nSPS) is 22.6. The molecule has 7 heteroatoms. The number of nitrogens with zero attached hydrogens (tertiary/aromatic N) is 3. The number of urea groups is 1. The van der Waals surface area contributed by atoms with Gasteiger partial charge >= 0.3 is 6.03 Å². The van der Waals surface area contributed by atoms with Crippen molar-refractivity contribution in [2.24, 2.45) is 0 Å². The second-order valence-corrected chi connectivity index (χ2v) is 5.85. The number of amides is 2. The van der Waals surface area contributed by atoms with Gasteiger partial charge in [0.05, 0.1) is 12.2 Å².